The first-order valence-electron chi connectivity index (χ1n) is 8.61. The molecule has 0 saturated carbocycles. The molecule has 0 amide bonds. The van der Waals surface area contributed by atoms with Gasteiger partial charge in [-0.25, -0.2) is 0 Å². The van der Waals surface area contributed by atoms with Crippen LogP contribution in [0.3, 0.4) is 0 Å². The standard InChI is InChI=1S/C13H8NS.C11H8N.CH3.Ir/c1-2-6-10(7-3-1)13-14-11-8-4-5-9-12(11)15-13;1-2-6-10(7-3-1)11-8-4-5-9-12-11;;/h1-6,8-9H;1-6,8-9H;1H3;/q3*-1;+3. The smallest absolute Gasteiger partial charge is 0.358 e. The predicted octanol–water partition coefficient (Wildman–Crippen LogP) is 6.76. The maximum absolute atomic E-state index is 4.57. The second-order valence-electron chi connectivity index (χ2n) is 5.75. The van der Waals surface area contributed by atoms with E-state index in [1.165, 1.54) is 4.70 Å². The minimum absolute atomic E-state index is 0. The molecule has 0 fully saturated rings. The topological polar surface area (TPSA) is 25.8 Å². The first-order valence-corrected chi connectivity index (χ1v) is 9.42. The number of benzene rings is 3. The Morgan fingerprint density at radius 2 is 1.34 bits per heavy atom. The number of hydrogen-bond acceptors (Lipinski definition) is 3. The molecule has 3 aromatic carbocycles. The molecule has 0 unspecified atom stereocenters. The fourth-order valence-corrected chi connectivity index (χ4v) is 3.54. The second kappa shape index (κ2) is 11.4. The van der Waals surface area contributed by atoms with Gasteiger partial charge in [-0.3, -0.25) is 4.98 Å². The van der Waals surface area contributed by atoms with E-state index in [9.17, 15) is 0 Å². The minimum atomic E-state index is 0. The summed E-state index contributed by atoms with van der Waals surface area (Å²) in [6, 6.07) is 36.1. The van der Waals surface area contributed by atoms with E-state index in [4.69, 9.17) is 0 Å². The average molecular weight is 572 g/mol. The van der Waals surface area contributed by atoms with Crippen molar-refractivity contribution in [1.29, 1.82) is 0 Å². The molecule has 29 heavy (non-hydrogen) atoms. The van der Waals surface area contributed by atoms with Gasteiger partial charge < -0.3 is 12.4 Å². The van der Waals surface area contributed by atoms with Crippen LogP contribution < -0.4 is 0 Å². The number of para-hydroxylation sites is 1. The Morgan fingerprint density at radius 3 is 1.97 bits per heavy atom. The number of hydrogen-bond donors (Lipinski definition) is 0. The van der Waals surface area contributed by atoms with E-state index >= 15 is 0 Å². The molecule has 0 saturated heterocycles. The van der Waals surface area contributed by atoms with E-state index in [1.54, 1.807) is 17.5 Å². The number of fused-ring (bicyclic) bond motifs is 1. The van der Waals surface area contributed by atoms with E-state index < -0.39 is 0 Å². The number of rotatable bonds is 2. The van der Waals surface area contributed by atoms with E-state index in [0.717, 1.165) is 27.3 Å². The monoisotopic (exact) mass is 572 g/mol. The maximum Gasteiger partial charge on any atom is 3.00 e. The fourth-order valence-electron chi connectivity index (χ4n) is 2.59. The molecule has 0 aliphatic heterocycles. The quantitative estimate of drug-likeness (QED) is 0.219. The molecule has 0 radical (unpaired) electrons. The van der Waals surface area contributed by atoms with Gasteiger partial charge in [0.15, 0.2) is 0 Å². The van der Waals surface area contributed by atoms with Gasteiger partial charge in [0.2, 0.25) is 0 Å². The molecule has 0 aliphatic carbocycles. The van der Waals surface area contributed by atoms with Crippen molar-refractivity contribution >= 4 is 21.6 Å². The van der Waals surface area contributed by atoms with Crippen molar-refractivity contribution < 1.29 is 20.1 Å². The molecule has 144 valence electrons. The number of thiazole rings is 1. The second-order valence-corrected chi connectivity index (χ2v) is 6.78. The van der Waals surface area contributed by atoms with Gasteiger partial charge in [-0.2, -0.15) is 11.3 Å². The molecule has 0 N–H and O–H groups in total. The third kappa shape index (κ3) is 5.91. The van der Waals surface area contributed by atoms with Crippen molar-refractivity contribution in [2.75, 3.05) is 0 Å². The van der Waals surface area contributed by atoms with Crippen LogP contribution in [0.15, 0.2) is 97.2 Å². The Bertz CT molecular complexity index is 1040. The molecular formula is C25H19IrN2S. The summed E-state index contributed by atoms with van der Waals surface area (Å²) < 4.78 is 1.23. The zero-order valence-electron chi connectivity index (χ0n) is 15.9. The van der Waals surface area contributed by atoms with Crippen molar-refractivity contribution in [2.45, 2.75) is 0 Å². The van der Waals surface area contributed by atoms with Crippen LogP contribution in [0.4, 0.5) is 0 Å². The molecular weight excluding hydrogens is 553 g/mol. The molecule has 2 nitrogen and oxygen atoms in total. The summed E-state index contributed by atoms with van der Waals surface area (Å²) >= 11 is 1.71. The van der Waals surface area contributed by atoms with Gasteiger partial charge in [-0.15, -0.1) is 71.8 Å². The van der Waals surface area contributed by atoms with Crippen LogP contribution in [0.25, 0.3) is 32.0 Å². The SMILES string of the molecule is [CH3-].[Ir+3].[c-]1ccccc1-c1ccccn1.[c-]1ccccc1-c1nc2ccccc2s1. The minimum Gasteiger partial charge on any atom is -0.358 e. The Labute approximate surface area is 189 Å². The molecule has 2 heterocycles. The Kier molecular flexibility index (Phi) is 8.88. The van der Waals surface area contributed by atoms with Gasteiger partial charge in [0, 0.05) is 15.9 Å². The maximum atomic E-state index is 4.57. The van der Waals surface area contributed by atoms with Crippen molar-refractivity contribution in [3.05, 3.63) is 117 Å². The summed E-state index contributed by atoms with van der Waals surface area (Å²) in [5.41, 5.74) is 4.14. The van der Waals surface area contributed by atoms with E-state index in [-0.39, 0.29) is 27.5 Å². The van der Waals surface area contributed by atoms with Crippen LogP contribution >= 0.6 is 11.3 Å². The summed E-state index contributed by atoms with van der Waals surface area (Å²) in [5, 5.41) is 1.04. The van der Waals surface area contributed by atoms with E-state index in [2.05, 4.69) is 28.2 Å². The Morgan fingerprint density at radius 1 is 0.690 bits per heavy atom. The third-order valence-electron chi connectivity index (χ3n) is 3.88. The fraction of sp³-hybridized carbons (Fsp3) is 0. The molecule has 4 heteroatoms. The Hall–Kier alpha value is -2.65. The van der Waals surface area contributed by atoms with Crippen molar-refractivity contribution in [3.63, 3.8) is 0 Å². The van der Waals surface area contributed by atoms with E-state index in [1.807, 2.05) is 84.9 Å². The summed E-state index contributed by atoms with van der Waals surface area (Å²) in [6.07, 6.45) is 1.79. The van der Waals surface area contributed by atoms with Gasteiger partial charge in [-0.1, -0.05) is 24.3 Å². The van der Waals surface area contributed by atoms with Crippen molar-refractivity contribution in [3.8, 4) is 21.8 Å². The van der Waals surface area contributed by atoms with Gasteiger partial charge in [-0.05, 0) is 23.9 Å². The van der Waals surface area contributed by atoms with Crippen LogP contribution in [-0.4, -0.2) is 9.97 Å². The summed E-state index contributed by atoms with van der Waals surface area (Å²) in [5.74, 6) is 0. The zero-order valence-corrected chi connectivity index (χ0v) is 19.1. The predicted molar refractivity (Wildman–Crippen MR) is 119 cm³/mol. The molecule has 0 atom stereocenters. The normalized spacial score (nSPS) is 9.52. The van der Waals surface area contributed by atoms with Crippen LogP contribution in [0, 0.1) is 19.6 Å². The first kappa shape index (κ1) is 22.6. The van der Waals surface area contributed by atoms with E-state index in [0.29, 0.717) is 0 Å². The number of aromatic nitrogens is 2. The van der Waals surface area contributed by atoms with Gasteiger partial charge in [0.1, 0.15) is 0 Å². The number of pyridine rings is 1. The molecule has 5 aromatic rings. The van der Waals surface area contributed by atoms with Gasteiger partial charge in [0.05, 0.1) is 5.52 Å². The summed E-state index contributed by atoms with van der Waals surface area (Å²) in [4.78, 5) is 8.79. The Balaban J connectivity index is 0.000000198. The van der Waals surface area contributed by atoms with Crippen LogP contribution in [0.1, 0.15) is 0 Å². The van der Waals surface area contributed by atoms with Gasteiger partial charge in [0.25, 0.3) is 0 Å². The molecule has 0 spiro atoms. The van der Waals surface area contributed by atoms with Crippen LogP contribution in [0.5, 0.6) is 0 Å². The average Bonchev–Trinajstić information content (AvgIpc) is 3.21. The molecule has 2 aromatic heterocycles. The van der Waals surface area contributed by atoms with Crippen molar-refractivity contribution in [1.82, 2.24) is 9.97 Å². The van der Waals surface area contributed by atoms with Gasteiger partial charge >= 0.3 is 20.1 Å². The third-order valence-corrected chi connectivity index (χ3v) is 4.95. The molecule has 5 rings (SSSR count). The summed E-state index contributed by atoms with van der Waals surface area (Å²) in [7, 11) is 0. The largest absolute Gasteiger partial charge is 3.00 e. The number of nitrogens with zero attached hydrogens (tertiary/aromatic N) is 2. The van der Waals surface area contributed by atoms with Crippen LogP contribution in [0.2, 0.25) is 0 Å². The molecule has 0 bridgehead atoms. The van der Waals surface area contributed by atoms with Crippen LogP contribution in [-0.2, 0) is 20.1 Å². The van der Waals surface area contributed by atoms with Crippen molar-refractivity contribution in [2.24, 2.45) is 0 Å². The zero-order chi connectivity index (χ0) is 18.3. The molecule has 0 aliphatic rings. The summed E-state index contributed by atoms with van der Waals surface area (Å²) in [6.45, 7) is 0. The first-order chi connectivity index (χ1) is 13.4.